The molecule has 5 aliphatic heterocycles. The van der Waals surface area contributed by atoms with Crippen LogP contribution in [0.25, 0.3) is 39.4 Å². The number of hydrogen-bond donors (Lipinski definition) is 7. The molecule has 8 aliphatic rings. The third-order valence-corrected chi connectivity index (χ3v) is 37.4. The van der Waals surface area contributed by atoms with Crippen LogP contribution in [0.4, 0.5) is 67.7 Å². The van der Waals surface area contributed by atoms with E-state index in [-0.39, 0.29) is 32.5 Å². The molecule has 776 valence electrons. The van der Waals surface area contributed by atoms with Crippen LogP contribution in [-0.4, -0.2) is 212 Å². The van der Waals surface area contributed by atoms with Crippen LogP contribution in [0.5, 0.6) is 0 Å². The first-order valence-electron chi connectivity index (χ1n) is 50.0. The Morgan fingerprint density at radius 2 is 0.694 bits per heavy atom. The van der Waals surface area contributed by atoms with E-state index in [0.29, 0.717) is 75.5 Å². The molecule has 29 nitrogen and oxygen atoms in total. The number of anilines is 7. The summed E-state index contributed by atoms with van der Waals surface area (Å²) in [6.07, 6.45) is 42.0. The molecule has 8 fully saturated rings. The lowest BCUT2D eigenvalue weighted by molar-refractivity contribution is -0.143. The topological polar surface area (TPSA) is 305 Å². The van der Waals surface area contributed by atoms with Crippen molar-refractivity contribution in [2.45, 2.75) is 217 Å². The maximum Gasteiger partial charge on any atom is 0.434 e. The van der Waals surface area contributed by atoms with E-state index in [1.54, 1.807) is 48.7 Å². The number of hydrogen-bond acceptors (Lipinski definition) is 28. The molecule has 43 heteroatoms. The third-order valence-electron chi connectivity index (χ3n) is 31.4. The van der Waals surface area contributed by atoms with Crippen molar-refractivity contribution < 1.29 is 26.3 Å². The molecule has 9 N–H and O–H groups in total. The SMILES string of the molecule is CNC1(C)CCN(c2ncc(Sc3cccc(Cl)c3Cl)c3nccn23)CC1.CNC1(C)CCN(c2ncc(Sc3ccccc3)c3nccn23)CC1.CN[C@@H]1CCCC12CCN(c1ncc(-c3cccc(Cl)c3Cl)c3nccn13)CC2.CN[C@@H]1CCCC12CCN(c1ncc(Sc3ccc(N)nc3C(F)(F)F)c3nccn13)CC2.CN[C@@H]1CCCC12CCN(c1ncc(Sc3cnc(N)cc3C(F)(F)F)c3nccn13)CC2. The van der Waals surface area contributed by atoms with Crippen molar-refractivity contribution in [1.29, 1.82) is 0 Å². The van der Waals surface area contributed by atoms with Gasteiger partial charge in [-0.05, 0) is 217 Å². The lowest BCUT2D eigenvalue weighted by Gasteiger charge is -2.43. The smallest absolute Gasteiger partial charge is 0.384 e. The predicted molar refractivity (Wildman–Crippen MR) is 577 cm³/mol. The van der Waals surface area contributed by atoms with Gasteiger partial charge in [0.05, 0.1) is 45.2 Å². The van der Waals surface area contributed by atoms with E-state index < -0.39 is 23.6 Å². The molecule has 0 unspecified atom stereocenters. The highest BCUT2D eigenvalue weighted by atomic mass is 35.5. The van der Waals surface area contributed by atoms with Crippen LogP contribution in [0.1, 0.15) is 147 Å². The van der Waals surface area contributed by atoms with Gasteiger partial charge in [0.15, 0.2) is 28.3 Å². The van der Waals surface area contributed by atoms with E-state index in [2.05, 4.69) is 175 Å². The van der Waals surface area contributed by atoms with Gasteiger partial charge in [-0.3, -0.25) is 22.0 Å². The van der Waals surface area contributed by atoms with Crippen LogP contribution in [-0.2, 0) is 12.4 Å². The Morgan fingerprint density at radius 1 is 0.340 bits per heavy atom. The number of nitrogens with zero attached hydrogens (tertiary/aromatic N) is 22. The van der Waals surface area contributed by atoms with Gasteiger partial charge in [0.25, 0.3) is 0 Å². The van der Waals surface area contributed by atoms with Gasteiger partial charge in [-0.25, -0.2) is 59.8 Å². The molecule has 3 atom stereocenters. The van der Waals surface area contributed by atoms with Crippen molar-refractivity contribution in [3.8, 4) is 11.1 Å². The Balaban J connectivity index is 0.000000116. The molecule has 12 aromatic heterocycles. The van der Waals surface area contributed by atoms with Gasteiger partial charge in [0.2, 0.25) is 29.7 Å². The van der Waals surface area contributed by atoms with Crippen molar-refractivity contribution in [2.75, 3.05) is 137 Å². The summed E-state index contributed by atoms with van der Waals surface area (Å²) in [5.41, 5.74) is 16.4. The van der Waals surface area contributed by atoms with Crippen LogP contribution in [0, 0.1) is 16.2 Å². The lowest BCUT2D eigenvalue weighted by Crippen LogP contribution is -2.50. The minimum absolute atomic E-state index is 0.0320. The minimum Gasteiger partial charge on any atom is -0.384 e. The number of piperidine rings is 5. The number of aromatic nitrogens is 17. The zero-order valence-electron chi connectivity index (χ0n) is 83.0. The Morgan fingerprint density at radius 3 is 1.09 bits per heavy atom. The molecule has 0 amide bonds. The Labute approximate surface area is 887 Å². The second-order valence-electron chi connectivity index (χ2n) is 39.7. The van der Waals surface area contributed by atoms with Crippen molar-refractivity contribution in [2.24, 2.45) is 16.2 Å². The molecule has 3 saturated carbocycles. The van der Waals surface area contributed by atoms with E-state index in [0.717, 1.165) is 225 Å². The van der Waals surface area contributed by atoms with E-state index in [1.807, 2.05) is 114 Å². The number of imidazole rings is 5. The number of alkyl halides is 6. The highest BCUT2D eigenvalue weighted by Crippen LogP contribution is 2.53. The minimum atomic E-state index is -4.61. The number of halogens is 10. The Kier molecular flexibility index (Phi) is 31.9. The lowest BCUT2D eigenvalue weighted by atomic mass is 9.74. The monoisotopic (exact) mass is 2160 g/mol. The molecular formula is C104H121Cl4F6N29S4. The summed E-state index contributed by atoms with van der Waals surface area (Å²) in [5.74, 6) is 4.08. The number of nitrogens with two attached hydrogens (primary N) is 2. The largest absolute Gasteiger partial charge is 0.434 e. The first kappa shape index (κ1) is 105. The van der Waals surface area contributed by atoms with Gasteiger partial charge in [0.1, 0.15) is 17.3 Å². The van der Waals surface area contributed by atoms with Crippen molar-refractivity contribution in [1.82, 2.24) is 108 Å². The second kappa shape index (κ2) is 44.6. The summed E-state index contributed by atoms with van der Waals surface area (Å²) in [7, 11) is 10.3. The molecule has 3 aliphatic carbocycles. The molecule has 23 rings (SSSR count). The van der Waals surface area contributed by atoms with Crippen LogP contribution < -0.4 is 62.6 Å². The number of rotatable bonds is 19. The third kappa shape index (κ3) is 22.3. The Hall–Kier alpha value is -10.4. The van der Waals surface area contributed by atoms with Crippen molar-refractivity contribution in [3.63, 3.8) is 0 Å². The molecule has 3 aromatic carbocycles. The van der Waals surface area contributed by atoms with Gasteiger partial charge >= 0.3 is 12.4 Å². The zero-order chi connectivity index (χ0) is 103. The quantitative estimate of drug-likeness (QED) is 0.0370. The van der Waals surface area contributed by atoms with Crippen LogP contribution in [0.2, 0.25) is 20.1 Å². The summed E-state index contributed by atoms with van der Waals surface area (Å²) in [6.45, 7) is 14.1. The maximum atomic E-state index is 13.5. The highest BCUT2D eigenvalue weighted by Gasteiger charge is 2.49. The summed E-state index contributed by atoms with van der Waals surface area (Å²) in [6, 6.07) is 27.0. The summed E-state index contributed by atoms with van der Waals surface area (Å²) in [4.78, 5) is 70.3. The van der Waals surface area contributed by atoms with Gasteiger partial charge in [-0.1, -0.05) is 149 Å². The fourth-order valence-electron chi connectivity index (χ4n) is 22.8. The number of fused-ring (bicyclic) bond motifs is 5. The molecular weight excluding hydrogens is 2040 g/mol. The first-order valence-corrected chi connectivity index (χ1v) is 54.8. The molecule has 17 heterocycles. The predicted octanol–water partition coefficient (Wildman–Crippen LogP) is 21.8. The van der Waals surface area contributed by atoms with Crippen LogP contribution >= 0.6 is 93.5 Å². The fraction of sp³-hybridized carbons (Fsp3) is 0.442. The maximum absolute atomic E-state index is 13.5. The van der Waals surface area contributed by atoms with E-state index >= 15 is 0 Å². The van der Waals surface area contributed by atoms with E-state index in [1.165, 1.54) is 99.4 Å². The van der Waals surface area contributed by atoms with Gasteiger partial charge in [-0.2, -0.15) is 26.3 Å². The number of nitrogens with one attached hydrogen (secondary N) is 5. The van der Waals surface area contributed by atoms with Crippen LogP contribution in [0.15, 0.2) is 223 Å². The molecule has 3 spiro atoms. The average molecular weight is 2160 g/mol. The van der Waals surface area contributed by atoms with Crippen molar-refractivity contribution in [3.05, 3.63) is 215 Å². The highest BCUT2D eigenvalue weighted by molar-refractivity contribution is 8.00. The van der Waals surface area contributed by atoms with Gasteiger partial charge < -0.3 is 62.6 Å². The Bertz CT molecular complexity index is 6930. The summed E-state index contributed by atoms with van der Waals surface area (Å²) in [5, 5.41) is 19.6. The van der Waals surface area contributed by atoms with E-state index in [9.17, 15) is 26.3 Å². The number of nitrogen functional groups attached to an aromatic ring is 2. The molecule has 0 bridgehead atoms. The van der Waals surface area contributed by atoms with Crippen LogP contribution in [0.3, 0.4) is 0 Å². The standard InChI is InChI=1S/C22H25Cl2N5.2C22H26F3N7S.C19H21Cl2N5S.C19H23N5S/c1-25-18-6-3-7-22(18)8-11-28(12-9-22)21-27-14-16(20-26-10-13-29(20)21)15-4-2-5-17(23)19(15)24;1-27-16-3-2-6-21(16)7-10-31(11-8-21)20-29-13-15(19-28-9-12-32(19)20)33-14-4-5-17(26)30-18(14)22(23,24)25;1-27-17-3-2-4-21(17)5-8-31(9-6-21)20-30-13-16(19-28-7-10-32(19)20)33-15-12-29-18(26)11-14(15)22(23,24)25;1-19(22-2)6-9-25(10-7-19)18-24-12-15(17-23-8-11-26(17)18)27-14-5-3-4-13(20)16(14)21;1-19(20-2)8-11-23(12-9-19)18-22-14-16(17-21-10-13-24(17)18)25-15-6-4-3-5-7-15/h2,4-5,10,13-14,18,25H,3,6-9,11-12H2,1H3;4-5,9,12-13,16,27H,2-3,6-8,10-11H2,1H3,(H2,26,30);7,10-13,17,27H,2-6,8-9H2,1H3,(H2,26,29);3-5,8,11-12,22H,6-7,9-10H2,1-2H3;3-7,10,13-14,20H,8-9,11-12H2,1-2H3/t18-;16-;17-;;/m111../s1. The molecule has 15 aromatic rings. The fourth-order valence-corrected chi connectivity index (χ4v) is 27.4. The van der Waals surface area contributed by atoms with Gasteiger partial charge in [0, 0.05) is 225 Å². The molecule has 0 radical (unpaired) electrons. The summed E-state index contributed by atoms with van der Waals surface area (Å²) >= 11 is 30.3. The number of benzene rings is 3. The average Bonchev–Trinajstić information content (AvgIpc) is 1.66. The van der Waals surface area contributed by atoms with Crippen molar-refractivity contribution >= 4 is 163 Å². The molecule has 5 saturated heterocycles. The summed E-state index contributed by atoms with van der Waals surface area (Å²) < 4.78 is 91.0. The zero-order valence-corrected chi connectivity index (χ0v) is 89.3. The number of pyridine rings is 2. The molecule has 147 heavy (non-hydrogen) atoms. The van der Waals surface area contributed by atoms with Gasteiger partial charge in [-0.15, -0.1) is 0 Å². The van der Waals surface area contributed by atoms with E-state index in [4.69, 9.17) is 72.8 Å². The second-order valence-corrected chi connectivity index (χ2v) is 45.6. The normalized spacial score (nSPS) is 19.5. The first-order chi connectivity index (χ1) is 70.9.